The van der Waals surface area contributed by atoms with E-state index in [0.29, 0.717) is 0 Å². The molecule has 0 radical (unpaired) electrons. The Balaban J connectivity index is 1.92. The number of benzene rings is 1. The van der Waals surface area contributed by atoms with Gasteiger partial charge in [0.15, 0.2) is 16.7 Å². The lowest BCUT2D eigenvalue weighted by atomic mass is 10.1. The summed E-state index contributed by atoms with van der Waals surface area (Å²) in [5.74, 6) is -3.59. The molecule has 124 valence electrons. The Morgan fingerprint density at radius 1 is 1.39 bits per heavy atom. The van der Waals surface area contributed by atoms with Gasteiger partial charge in [-0.25, -0.2) is 4.98 Å². The molecule has 0 fully saturated rings. The van der Waals surface area contributed by atoms with Crippen molar-refractivity contribution in [1.29, 1.82) is 0 Å². The SMILES string of the molecule is CC(O)c1cccc2c1OC(CSc1ncn[nH]1)(C(F)(F)F)O2. The fourth-order valence-electron chi connectivity index (χ4n) is 2.10. The summed E-state index contributed by atoms with van der Waals surface area (Å²) < 4.78 is 51.0. The Hall–Kier alpha value is -1.94. The maximum absolute atomic E-state index is 13.6. The third-order valence-corrected chi connectivity index (χ3v) is 4.22. The van der Waals surface area contributed by atoms with Crippen LogP contribution in [-0.4, -0.2) is 38.0 Å². The zero-order valence-corrected chi connectivity index (χ0v) is 12.6. The van der Waals surface area contributed by atoms with E-state index in [4.69, 9.17) is 9.47 Å². The molecule has 1 aromatic heterocycles. The number of rotatable bonds is 4. The first kappa shape index (κ1) is 15.9. The molecule has 0 bridgehead atoms. The molecule has 0 saturated carbocycles. The first-order valence-electron chi connectivity index (χ1n) is 6.56. The minimum Gasteiger partial charge on any atom is -0.440 e. The summed E-state index contributed by atoms with van der Waals surface area (Å²) in [5.41, 5.74) is 0.235. The molecule has 10 heteroatoms. The largest absolute Gasteiger partial charge is 0.469 e. The van der Waals surface area contributed by atoms with E-state index in [1.165, 1.54) is 31.5 Å². The third kappa shape index (κ3) is 2.83. The molecular formula is C13H12F3N3O3S. The highest BCUT2D eigenvalue weighted by atomic mass is 32.2. The molecule has 1 aliphatic heterocycles. The number of thioether (sulfide) groups is 1. The molecule has 6 nitrogen and oxygen atoms in total. The molecule has 2 aromatic rings. The van der Waals surface area contributed by atoms with Crippen molar-refractivity contribution >= 4 is 11.8 Å². The average Bonchev–Trinajstić information content (AvgIpc) is 3.11. The summed E-state index contributed by atoms with van der Waals surface area (Å²) in [7, 11) is 0. The van der Waals surface area contributed by atoms with E-state index in [9.17, 15) is 18.3 Å². The van der Waals surface area contributed by atoms with E-state index in [-0.39, 0.29) is 22.2 Å². The zero-order valence-electron chi connectivity index (χ0n) is 11.8. The number of H-pyrrole nitrogens is 1. The highest BCUT2D eigenvalue weighted by molar-refractivity contribution is 7.99. The number of hydrogen-bond acceptors (Lipinski definition) is 6. The second-order valence-electron chi connectivity index (χ2n) is 4.88. The second-order valence-corrected chi connectivity index (χ2v) is 5.85. The average molecular weight is 347 g/mol. The Kier molecular flexibility index (Phi) is 3.88. The van der Waals surface area contributed by atoms with Gasteiger partial charge in [0.25, 0.3) is 0 Å². The van der Waals surface area contributed by atoms with E-state index in [0.717, 1.165) is 11.8 Å². The Morgan fingerprint density at radius 2 is 2.17 bits per heavy atom. The van der Waals surface area contributed by atoms with Gasteiger partial charge in [0.2, 0.25) is 0 Å². The number of nitrogens with zero attached hydrogens (tertiary/aromatic N) is 2. The molecule has 3 rings (SSSR count). The lowest BCUT2D eigenvalue weighted by Gasteiger charge is -2.29. The number of para-hydroxylation sites is 1. The van der Waals surface area contributed by atoms with Crippen LogP contribution in [0.2, 0.25) is 0 Å². The van der Waals surface area contributed by atoms with Gasteiger partial charge in [0, 0.05) is 5.56 Å². The van der Waals surface area contributed by atoms with Gasteiger partial charge >= 0.3 is 12.0 Å². The first-order chi connectivity index (χ1) is 10.8. The van der Waals surface area contributed by atoms with Gasteiger partial charge in [0.1, 0.15) is 6.33 Å². The van der Waals surface area contributed by atoms with Gasteiger partial charge in [-0.2, -0.15) is 18.3 Å². The van der Waals surface area contributed by atoms with Crippen molar-refractivity contribution in [2.24, 2.45) is 0 Å². The minimum absolute atomic E-state index is 0.0566. The summed E-state index contributed by atoms with van der Waals surface area (Å²) in [6.45, 7) is 1.44. The van der Waals surface area contributed by atoms with Crippen LogP contribution in [-0.2, 0) is 0 Å². The number of alkyl halides is 3. The van der Waals surface area contributed by atoms with Crippen molar-refractivity contribution in [3.63, 3.8) is 0 Å². The topological polar surface area (TPSA) is 80.3 Å². The molecule has 0 saturated heterocycles. The van der Waals surface area contributed by atoms with E-state index in [2.05, 4.69) is 15.2 Å². The molecular weight excluding hydrogens is 335 g/mol. The molecule has 2 atom stereocenters. The van der Waals surface area contributed by atoms with Gasteiger partial charge in [-0.1, -0.05) is 23.9 Å². The Bertz CT molecular complexity index is 694. The summed E-state index contributed by atoms with van der Waals surface area (Å²) in [4.78, 5) is 3.76. The number of fused-ring (bicyclic) bond motifs is 1. The quantitative estimate of drug-likeness (QED) is 0.828. The number of aliphatic hydroxyl groups excluding tert-OH is 1. The van der Waals surface area contributed by atoms with Gasteiger partial charge in [-0.05, 0) is 13.0 Å². The maximum atomic E-state index is 13.6. The molecule has 0 amide bonds. The van der Waals surface area contributed by atoms with Crippen molar-refractivity contribution in [3.05, 3.63) is 30.1 Å². The predicted molar refractivity (Wildman–Crippen MR) is 74.2 cm³/mol. The lowest BCUT2D eigenvalue weighted by Crippen LogP contribution is -2.54. The first-order valence-corrected chi connectivity index (χ1v) is 7.55. The molecule has 1 aliphatic rings. The van der Waals surface area contributed by atoms with Crippen molar-refractivity contribution in [2.45, 2.75) is 30.1 Å². The molecule has 2 heterocycles. The highest BCUT2D eigenvalue weighted by Gasteiger charge is 2.64. The monoisotopic (exact) mass is 347 g/mol. The van der Waals surface area contributed by atoms with Crippen LogP contribution in [0.25, 0.3) is 0 Å². The third-order valence-electron chi connectivity index (χ3n) is 3.22. The highest BCUT2D eigenvalue weighted by Crippen LogP contribution is 2.50. The van der Waals surface area contributed by atoms with Gasteiger partial charge in [-0.3, -0.25) is 5.10 Å². The molecule has 2 unspecified atom stereocenters. The van der Waals surface area contributed by atoms with E-state index < -0.39 is 23.8 Å². The normalized spacial score (nSPS) is 21.4. The fourth-order valence-corrected chi connectivity index (χ4v) is 2.95. The Labute approximate surface area is 133 Å². The number of hydrogen-bond donors (Lipinski definition) is 2. The predicted octanol–water partition coefficient (Wildman–Crippen LogP) is 2.68. The molecule has 0 aliphatic carbocycles. The standard InChI is InChI=1S/C13H12F3N3O3S/c1-7(20)8-3-2-4-9-10(8)22-12(21-9,13(14,15)16)5-23-11-17-6-18-19-11/h2-4,6-7,20H,5H2,1H3,(H,17,18,19). The van der Waals surface area contributed by atoms with Crippen LogP contribution in [0.3, 0.4) is 0 Å². The van der Waals surface area contributed by atoms with Crippen molar-refractivity contribution < 1.29 is 27.8 Å². The number of aromatic nitrogens is 3. The maximum Gasteiger partial charge on any atom is 0.469 e. The van der Waals surface area contributed by atoms with Crippen molar-refractivity contribution in [2.75, 3.05) is 5.75 Å². The van der Waals surface area contributed by atoms with Crippen LogP contribution in [0.1, 0.15) is 18.6 Å². The molecule has 0 spiro atoms. The van der Waals surface area contributed by atoms with Crippen LogP contribution in [0.4, 0.5) is 13.2 Å². The lowest BCUT2D eigenvalue weighted by molar-refractivity contribution is -0.298. The van der Waals surface area contributed by atoms with Crippen LogP contribution < -0.4 is 9.47 Å². The van der Waals surface area contributed by atoms with Crippen LogP contribution in [0.5, 0.6) is 11.5 Å². The number of nitrogens with one attached hydrogen (secondary N) is 1. The Morgan fingerprint density at radius 3 is 2.78 bits per heavy atom. The van der Waals surface area contributed by atoms with Gasteiger partial charge in [-0.15, -0.1) is 0 Å². The number of aromatic amines is 1. The van der Waals surface area contributed by atoms with Crippen LogP contribution in [0.15, 0.2) is 29.7 Å². The molecule has 23 heavy (non-hydrogen) atoms. The van der Waals surface area contributed by atoms with Crippen molar-refractivity contribution in [3.8, 4) is 11.5 Å². The smallest absolute Gasteiger partial charge is 0.440 e. The summed E-state index contributed by atoms with van der Waals surface area (Å²) >= 11 is 0.773. The molecule has 2 N–H and O–H groups in total. The zero-order chi connectivity index (χ0) is 16.7. The summed E-state index contributed by atoms with van der Waals surface area (Å²) in [6, 6.07) is 4.36. The van der Waals surface area contributed by atoms with Crippen molar-refractivity contribution in [1.82, 2.24) is 15.2 Å². The fraction of sp³-hybridized carbons (Fsp3) is 0.385. The second kappa shape index (κ2) is 5.60. The van der Waals surface area contributed by atoms with Gasteiger partial charge < -0.3 is 14.6 Å². The number of ether oxygens (including phenoxy) is 2. The summed E-state index contributed by atoms with van der Waals surface area (Å²) in [6.07, 6.45) is -4.58. The van der Waals surface area contributed by atoms with E-state index in [1.54, 1.807) is 0 Å². The summed E-state index contributed by atoms with van der Waals surface area (Å²) in [5, 5.41) is 16.0. The number of halogens is 3. The van der Waals surface area contributed by atoms with E-state index >= 15 is 0 Å². The van der Waals surface area contributed by atoms with Crippen LogP contribution in [0, 0.1) is 0 Å². The van der Waals surface area contributed by atoms with Gasteiger partial charge in [0.05, 0.1) is 11.9 Å². The molecule has 1 aromatic carbocycles. The van der Waals surface area contributed by atoms with E-state index in [1.807, 2.05) is 0 Å². The minimum atomic E-state index is -4.78. The van der Waals surface area contributed by atoms with Crippen LogP contribution >= 0.6 is 11.8 Å². The number of aliphatic hydroxyl groups is 1.